The van der Waals surface area contributed by atoms with Gasteiger partial charge in [-0.2, -0.15) is 0 Å². The first-order valence-electron chi connectivity index (χ1n) is 6.96. The lowest BCUT2D eigenvalue weighted by atomic mass is 10.1. The Bertz CT molecular complexity index is 475. The summed E-state index contributed by atoms with van der Waals surface area (Å²) >= 11 is 0. The van der Waals surface area contributed by atoms with Crippen molar-refractivity contribution in [2.24, 2.45) is 0 Å². The summed E-state index contributed by atoms with van der Waals surface area (Å²) in [5.74, 6) is 2.14. The number of rotatable bonds is 4. The molecule has 1 rings (SSSR count). The number of hydrogen-bond donors (Lipinski definition) is 0. The first-order chi connectivity index (χ1) is 8.73. The maximum absolute atomic E-state index is 8.18. The Morgan fingerprint density at radius 3 is 2.93 bits per heavy atom. The second kappa shape index (κ2) is 5.47. The van der Waals surface area contributed by atoms with E-state index >= 15 is 0 Å². The summed E-state index contributed by atoms with van der Waals surface area (Å²) in [7, 11) is 1.47. The van der Waals surface area contributed by atoms with Crippen LogP contribution in [0.4, 0.5) is 0 Å². The van der Waals surface area contributed by atoms with Crippen LogP contribution in [0.25, 0.3) is 0 Å². The van der Waals surface area contributed by atoms with Crippen LogP contribution in [-0.4, -0.2) is 24.5 Å². The van der Waals surface area contributed by atoms with Gasteiger partial charge in [-0.05, 0) is 25.9 Å². The van der Waals surface area contributed by atoms with Crippen molar-refractivity contribution in [3.8, 4) is 12.3 Å². The summed E-state index contributed by atoms with van der Waals surface area (Å²) in [6, 6.07) is 7.92. The van der Waals surface area contributed by atoms with Crippen LogP contribution in [0, 0.1) is 12.3 Å². The van der Waals surface area contributed by atoms with Crippen LogP contribution < -0.4 is 0 Å². The average molecular weight is 192 g/mol. The zero-order valence-corrected chi connectivity index (χ0v) is 8.41. The van der Waals surface area contributed by atoms with Crippen LogP contribution >= 0.6 is 0 Å². The van der Waals surface area contributed by atoms with E-state index in [0.717, 1.165) is 0 Å². The van der Waals surface area contributed by atoms with E-state index in [-0.39, 0.29) is 0 Å². The normalized spacial score (nSPS) is 19.2. The fraction of sp³-hybridized carbons (Fsp3) is 0.385. The molecule has 0 heterocycles. The Morgan fingerprint density at radius 2 is 2.29 bits per heavy atom. The molecule has 0 bridgehead atoms. The van der Waals surface area contributed by atoms with E-state index in [1.54, 1.807) is 43.7 Å². The molecule has 1 heteroatoms. The fourth-order valence-corrected chi connectivity index (χ4v) is 1.06. The van der Waals surface area contributed by atoms with Crippen LogP contribution in [0.15, 0.2) is 30.3 Å². The van der Waals surface area contributed by atoms with E-state index < -0.39 is 18.9 Å². The minimum absolute atomic E-state index is 0.490. The number of benzene rings is 1. The highest BCUT2D eigenvalue weighted by molar-refractivity contribution is 5.15. The smallest absolute Gasteiger partial charge is 0.124 e. The molecule has 1 aromatic rings. The van der Waals surface area contributed by atoms with E-state index in [4.69, 9.17) is 6.85 Å². The Morgan fingerprint density at radius 1 is 1.57 bits per heavy atom. The SMILES string of the molecule is [2H]C#CC([2H])([2H])N(C)[C@H](C)C([2H])([2H])c1ccccc1. The van der Waals surface area contributed by atoms with Gasteiger partial charge in [0.15, 0.2) is 0 Å². The molecule has 0 spiro atoms. The standard InChI is InChI=1S/C13H17N/c1-4-10-14(3)12(2)11-13-8-6-5-7-9-13/h1,5-9,12H,10-11H2,2-3H3/t12-/m1/s1/i1D,10D2,11D2. The first kappa shape index (κ1) is 5.58. The highest BCUT2D eigenvalue weighted by Crippen LogP contribution is 2.06. The lowest BCUT2D eigenvalue weighted by Crippen LogP contribution is -2.31. The van der Waals surface area contributed by atoms with Crippen LogP contribution in [0.3, 0.4) is 0 Å². The van der Waals surface area contributed by atoms with Gasteiger partial charge in [-0.15, -0.1) is 6.40 Å². The van der Waals surface area contributed by atoms with Gasteiger partial charge in [0.2, 0.25) is 0 Å². The molecule has 0 amide bonds. The predicted octanol–water partition coefficient (Wildman–Crippen LogP) is 2.18. The fourth-order valence-electron chi connectivity index (χ4n) is 1.06. The summed E-state index contributed by atoms with van der Waals surface area (Å²) in [5.41, 5.74) is 0.490. The molecule has 1 atom stereocenters. The van der Waals surface area contributed by atoms with Crippen molar-refractivity contribution in [2.75, 3.05) is 13.5 Å². The Kier molecular flexibility index (Phi) is 2.18. The maximum atomic E-state index is 8.18. The van der Waals surface area contributed by atoms with Crippen LogP contribution in [-0.2, 0) is 6.37 Å². The number of nitrogens with zero attached hydrogens (tertiary/aromatic N) is 1. The van der Waals surface area contributed by atoms with Gasteiger partial charge in [0.05, 0.1) is 9.24 Å². The lowest BCUT2D eigenvalue weighted by Gasteiger charge is -2.22. The molecule has 0 unspecified atom stereocenters. The molecular formula is C13H17N. The van der Waals surface area contributed by atoms with E-state index in [1.165, 1.54) is 11.9 Å². The van der Waals surface area contributed by atoms with Crippen LogP contribution in [0.5, 0.6) is 0 Å². The Hall–Kier alpha value is -1.26. The van der Waals surface area contributed by atoms with Crippen molar-refractivity contribution < 1.29 is 6.85 Å². The first-order valence-corrected chi connectivity index (χ1v) is 4.46. The lowest BCUT2D eigenvalue weighted by molar-refractivity contribution is 0.287. The summed E-state index contributed by atoms with van der Waals surface area (Å²) in [4.78, 5) is 1.21. The highest BCUT2D eigenvalue weighted by atomic mass is 15.1. The van der Waals surface area contributed by atoms with Gasteiger partial charge in [0.25, 0.3) is 0 Å². The van der Waals surface area contributed by atoms with Crippen molar-refractivity contribution in [1.82, 2.24) is 4.90 Å². The van der Waals surface area contributed by atoms with E-state index in [9.17, 15) is 0 Å². The van der Waals surface area contributed by atoms with Gasteiger partial charge in [-0.25, -0.2) is 0 Å². The molecule has 0 aromatic heterocycles. The topological polar surface area (TPSA) is 3.24 Å². The van der Waals surface area contributed by atoms with Gasteiger partial charge in [0.1, 0.15) is 1.37 Å². The number of likely N-dealkylation sites (N-methyl/N-ethyl adjacent to an activating group) is 1. The predicted molar refractivity (Wildman–Crippen MR) is 61.1 cm³/mol. The van der Waals surface area contributed by atoms with Crippen molar-refractivity contribution in [1.29, 1.82) is 0 Å². The summed E-state index contributed by atoms with van der Waals surface area (Å²) in [6.07, 6.45) is 0.0806. The largest absolute Gasteiger partial charge is 0.292 e. The molecule has 14 heavy (non-hydrogen) atoms. The minimum atomic E-state index is -2.04. The molecule has 0 N–H and O–H groups in total. The maximum Gasteiger partial charge on any atom is 0.124 e. The quantitative estimate of drug-likeness (QED) is 0.661. The van der Waals surface area contributed by atoms with Gasteiger partial charge < -0.3 is 0 Å². The minimum Gasteiger partial charge on any atom is -0.292 e. The third-order valence-corrected chi connectivity index (χ3v) is 1.96. The summed E-state index contributed by atoms with van der Waals surface area (Å²) < 4.78 is 38.6. The van der Waals surface area contributed by atoms with Crippen LogP contribution in [0.1, 0.15) is 19.3 Å². The van der Waals surface area contributed by atoms with Crippen molar-refractivity contribution in [2.45, 2.75) is 19.3 Å². The van der Waals surface area contributed by atoms with Gasteiger partial charge in [-0.3, -0.25) is 4.90 Å². The number of terminal acetylenes is 1. The second-order valence-electron chi connectivity index (χ2n) is 3.03. The molecular weight excluding hydrogens is 170 g/mol. The van der Waals surface area contributed by atoms with Gasteiger partial charge in [-0.1, -0.05) is 36.3 Å². The molecule has 0 radical (unpaired) electrons. The molecule has 1 aromatic carbocycles. The van der Waals surface area contributed by atoms with Gasteiger partial charge >= 0.3 is 0 Å². The average Bonchev–Trinajstić information content (AvgIpc) is 2.38. The zero-order chi connectivity index (χ0) is 14.7. The molecule has 0 saturated heterocycles. The molecule has 0 saturated carbocycles. The summed E-state index contributed by atoms with van der Waals surface area (Å²) in [5, 5.41) is 0. The number of hydrogen-bond acceptors (Lipinski definition) is 1. The Balaban J connectivity index is 3.04. The second-order valence-corrected chi connectivity index (χ2v) is 3.03. The highest BCUT2D eigenvalue weighted by Gasteiger charge is 2.07. The molecule has 1 nitrogen and oxygen atoms in total. The van der Waals surface area contributed by atoms with E-state index in [2.05, 4.69) is 5.92 Å². The zero-order valence-electron chi connectivity index (χ0n) is 13.4. The van der Waals surface area contributed by atoms with E-state index in [1.807, 2.05) is 0 Å². The summed E-state index contributed by atoms with van der Waals surface area (Å²) in [6.45, 7) is -0.431. The van der Waals surface area contributed by atoms with Gasteiger partial charge in [0, 0.05) is 8.78 Å². The third kappa shape index (κ3) is 3.24. The van der Waals surface area contributed by atoms with Crippen molar-refractivity contribution in [3.05, 3.63) is 35.9 Å². The monoisotopic (exact) mass is 192 g/mol. The molecule has 0 aliphatic heterocycles. The van der Waals surface area contributed by atoms with Crippen molar-refractivity contribution >= 4 is 0 Å². The van der Waals surface area contributed by atoms with Crippen LogP contribution in [0.2, 0.25) is 0 Å². The van der Waals surface area contributed by atoms with Crippen molar-refractivity contribution in [3.63, 3.8) is 0 Å². The van der Waals surface area contributed by atoms with E-state index in [0.29, 0.717) is 5.56 Å². The molecule has 0 fully saturated rings. The third-order valence-electron chi connectivity index (χ3n) is 1.96. The molecule has 74 valence electrons. The molecule has 0 aliphatic rings. The Labute approximate surface area is 93.8 Å². The molecule has 0 aliphatic carbocycles.